The molecule has 0 aliphatic rings. The molecule has 0 fully saturated rings. The largest absolute Gasteiger partial charge is 0.396 e. The number of aliphatic hydroxyl groups excluding tert-OH is 1. The van der Waals surface area contributed by atoms with Gasteiger partial charge in [-0.2, -0.15) is 0 Å². The fourth-order valence-corrected chi connectivity index (χ4v) is 1.37. The summed E-state index contributed by atoms with van der Waals surface area (Å²) >= 11 is 0. The summed E-state index contributed by atoms with van der Waals surface area (Å²) in [5.41, 5.74) is 0. The van der Waals surface area contributed by atoms with Crippen molar-refractivity contribution in [2.75, 3.05) is 20.2 Å². The number of carbonyl (C=O) groups excluding carboxylic acids is 1. The number of nitrogens with zero attached hydrogens (tertiary/aromatic N) is 1. The average molecular weight is 215 g/mol. The highest BCUT2D eigenvalue weighted by Gasteiger charge is 2.08. The summed E-state index contributed by atoms with van der Waals surface area (Å²) in [5, 5.41) is 8.61. The van der Waals surface area contributed by atoms with Gasteiger partial charge in [-0.05, 0) is 31.6 Å². The zero-order valence-electron chi connectivity index (χ0n) is 10.3. The normalized spacial score (nSPS) is 10.7. The van der Waals surface area contributed by atoms with E-state index in [1.807, 2.05) is 7.05 Å². The lowest BCUT2D eigenvalue weighted by Gasteiger charge is -2.17. The van der Waals surface area contributed by atoms with E-state index in [1.165, 1.54) is 0 Å². The van der Waals surface area contributed by atoms with Crippen LogP contribution < -0.4 is 0 Å². The minimum Gasteiger partial charge on any atom is -0.396 e. The van der Waals surface area contributed by atoms with Crippen molar-refractivity contribution in [1.29, 1.82) is 0 Å². The minimum atomic E-state index is 0.243. The Morgan fingerprint density at radius 2 is 1.93 bits per heavy atom. The molecule has 15 heavy (non-hydrogen) atoms. The third-order valence-electron chi connectivity index (χ3n) is 2.51. The molecule has 0 aromatic heterocycles. The van der Waals surface area contributed by atoms with Crippen LogP contribution in [0.15, 0.2) is 0 Å². The van der Waals surface area contributed by atoms with Crippen molar-refractivity contribution in [2.24, 2.45) is 5.92 Å². The molecule has 0 atom stereocenters. The van der Waals surface area contributed by atoms with Gasteiger partial charge in [-0.1, -0.05) is 13.8 Å². The second-order valence-corrected chi connectivity index (χ2v) is 4.53. The van der Waals surface area contributed by atoms with Crippen molar-refractivity contribution in [1.82, 2.24) is 4.90 Å². The summed E-state index contributed by atoms with van der Waals surface area (Å²) in [7, 11) is 1.86. The maximum absolute atomic E-state index is 11.6. The van der Waals surface area contributed by atoms with Gasteiger partial charge in [0.2, 0.25) is 5.91 Å². The van der Waals surface area contributed by atoms with E-state index in [0.717, 1.165) is 32.2 Å². The Bertz CT molecular complexity index is 169. The summed E-state index contributed by atoms with van der Waals surface area (Å²) in [5.74, 6) is 0.837. The quantitative estimate of drug-likeness (QED) is 0.629. The first-order chi connectivity index (χ1) is 7.07. The lowest BCUT2D eigenvalue weighted by Crippen LogP contribution is -2.27. The summed E-state index contributed by atoms with van der Waals surface area (Å²) in [6.45, 7) is 5.34. The van der Waals surface area contributed by atoms with E-state index in [1.54, 1.807) is 4.90 Å². The highest BCUT2D eigenvalue weighted by atomic mass is 16.2. The van der Waals surface area contributed by atoms with Crippen LogP contribution in [0.3, 0.4) is 0 Å². The van der Waals surface area contributed by atoms with Gasteiger partial charge in [0.1, 0.15) is 0 Å². The molecular weight excluding hydrogens is 190 g/mol. The summed E-state index contributed by atoms with van der Waals surface area (Å²) in [4.78, 5) is 13.4. The zero-order valence-corrected chi connectivity index (χ0v) is 10.3. The Morgan fingerprint density at radius 1 is 1.27 bits per heavy atom. The number of aliphatic hydroxyl groups is 1. The number of hydrogen-bond donors (Lipinski definition) is 1. The van der Waals surface area contributed by atoms with Crippen molar-refractivity contribution < 1.29 is 9.90 Å². The molecule has 0 aromatic carbocycles. The Kier molecular flexibility index (Phi) is 8.38. The van der Waals surface area contributed by atoms with E-state index in [0.29, 0.717) is 12.3 Å². The van der Waals surface area contributed by atoms with Crippen LogP contribution in [0, 0.1) is 5.92 Å². The molecule has 0 radical (unpaired) electrons. The van der Waals surface area contributed by atoms with Gasteiger partial charge < -0.3 is 10.0 Å². The van der Waals surface area contributed by atoms with Gasteiger partial charge in [0, 0.05) is 26.6 Å². The number of carbonyl (C=O) groups is 1. The van der Waals surface area contributed by atoms with Crippen LogP contribution in [0.2, 0.25) is 0 Å². The monoisotopic (exact) mass is 215 g/mol. The van der Waals surface area contributed by atoms with E-state index < -0.39 is 0 Å². The predicted molar refractivity (Wildman–Crippen MR) is 62.6 cm³/mol. The third kappa shape index (κ3) is 8.43. The molecular formula is C12H25NO2. The molecule has 90 valence electrons. The molecule has 0 spiro atoms. The molecule has 0 saturated carbocycles. The van der Waals surface area contributed by atoms with Crippen molar-refractivity contribution in [3.63, 3.8) is 0 Å². The number of hydrogen-bond acceptors (Lipinski definition) is 2. The molecule has 0 aliphatic carbocycles. The minimum absolute atomic E-state index is 0.243. The maximum Gasteiger partial charge on any atom is 0.222 e. The Balaban J connectivity index is 3.51. The van der Waals surface area contributed by atoms with Crippen LogP contribution in [0.25, 0.3) is 0 Å². The van der Waals surface area contributed by atoms with Gasteiger partial charge in [-0.3, -0.25) is 4.79 Å². The lowest BCUT2D eigenvalue weighted by atomic mass is 10.1. The first kappa shape index (κ1) is 14.4. The van der Waals surface area contributed by atoms with Crippen LogP contribution in [0.1, 0.15) is 46.0 Å². The first-order valence-corrected chi connectivity index (χ1v) is 5.92. The van der Waals surface area contributed by atoms with Crippen molar-refractivity contribution in [2.45, 2.75) is 46.0 Å². The van der Waals surface area contributed by atoms with E-state index in [9.17, 15) is 4.79 Å². The molecule has 3 nitrogen and oxygen atoms in total. The van der Waals surface area contributed by atoms with E-state index in [4.69, 9.17) is 5.11 Å². The molecule has 1 amide bonds. The number of unbranched alkanes of at least 4 members (excludes halogenated alkanes) is 2. The molecule has 0 aliphatic heterocycles. The fourth-order valence-electron chi connectivity index (χ4n) is 1.37. The van der Waals surface area contributed by atoms with Crippen molar-refractivity contribution in [3.05, 3.63) is 0 Å². The third-order valence-corrected chi connectivity index (χ3v) is 2.51. The van der Waals surface area contributed by atoms with Gasteiger partial charge in [0.25, 0.3) is 0 Å². The highest BCUT2D eigenvalue weighted by Crippen LogP contribution is 2.06. The SMILES string of the molecule is CC(C)CCC(=O)N(C)CCCCCO. The molecule has 0 bridgehead atoms. The molecule has 0 saturated heterocycles. The maximum atomic E-state index is 11.6. The lowest BCUT2D eigenvalue weighted by molar-refractivity contribution is -0.130. The van der Waals surface area contributed by atoms with Gasteiger partial charge in [0.15, 0.2) is 0 Å². The molecule has 3 heteroatoms. The van der Waals surface area contributed by atoms with Crippen LogP contribution >= 0.6 is 0 Å². The molecule has 1 N–H and O–H groups in total. The first-order valence-electron chi connectivity index (χ1n) is 5.92. The van der Waals surface area contributed by atoms with Crippen LogP contribution in [0.5, 0.6) is 0 Å². The van der Waals surface area contributed by atoms with Crippen molar-refractivity contribution >= 4 is 5.91 Å². The average Bonchev–Trinajstić information content (AvgIpc) is 2.20. The topological polar surface area (TPSA) is 40.5 Å². The standard InChI is InChI=1S/C12H25NO2/c1-11(2)7-8-12(15)13(3)9-5-4-6-10-14/h11,14H,4-10H2,1-3H3. The van der Waals surface area contributed by atoms with Gasteiger partial charge in [0.05, 0.1) is 0 Å². The Hall–Kier alpha value is -0.570. The van der Waals surface area contributed by atoms with Gasteiger partial charge in [-0.15, -0.1) is 0 Å². The number of rotatable bonds is 8. The molecule has 0 rings (SSSR count). The highest BCUT2D eigenvalue weighted by molar-refractivity contribution is 5.75. The number of amides is 1. The van der Waals surface area contributed by atoms with Crippen LogP contribution in [-0.2, 0) is 4.79 Å². The van der Waals surface area contributed by atoms with E-state index >= 15 is 0 Å². The van der Waals surface area contributed by atoms with E-state index in [-0.39, 0.29) is 12.5 Å². The van der Waals surface area contributed by atoms with Crippen molar-refractivity contribution in [3.8, 4) is 0 Å². The molecule has 0 aromatic rings. The second-order valence-electron chi connectivity index (χ2n) is 4.53. The van der Waals surface area contributed by atoms with Gasteiger partial charge in [-0.25, -0.2) is 0 Å². The Labute approximate surface area is 93.5 Å². The van der Waals surface area contributed by atoms with E-state index in [2.05, 4.69) is 13.8 Å². The molecule has 0 unspecified atom stereocenters. The summed E-state index contributed by atoms with van der Waals surface area (Å²) in [6, 6.07) is 0. The Morgan fingerprint density at radius 3 is 2.47 bits per heavy atom. The van der Waals surface area contributed by atoms with Gasteiger partial charge >= 0.3 is 0 Å². The zero-order chi connectivity index (χ0) is 11.7. The van der Waals surface area contributed by atoms with Crippen LogP contribution in [0.4, 0.5) is 0 Å². The molecule has 0 heterocycles. The fraction of sp³-hybridized carbons (Fsp3) is 0.917. The smallest absolute Gasteiger partial charge is 0.222 e. The summed E-state index contributed by atoms with van der Waals surface area (Å²) in [6.07, 6.45) is 4.46. The summed E-state index contributed by atoms with van der Waals surface area (Å²) < 4.78 is 0. The predicted octanol–water partition coefficient (Wildman–Crippen LogP) is 2.04. The van der Waals surface area contributed by atoms with Crippen LogP contribution in [-0.4, -0.2) is 36.1 Å². The second kappa shape index (κ2) is 8.72.